The van der Waals surface area contributed by atoms with E-state index in [0.717, 1.165) is 24.8 Å². The summed E-state index contributed by atoms with van der Waals surface area (Å²) in [6.07, 6.45) is 6.38. The number of ether oxygens (including phenoxy) is 1. The third kappa shape index (κ3) is 2.88. The van der Waals surface area contributed by atoms with Crippen molar-refractivity contribution in [2.45, 2.75) is 25.3 Å². The SMILES string of the molecule is COc1ccc(NC(=O)N[C@H]2CCCc3c2cnn3C)cn1. The van der Waals surface area contributed by atoms with Gasteiger partial charge in [-0.3, -0.25) is 4.68 Å². The number of aromatic nitrogens is 3. The Balaban J connectivity index is 1.64. The minimum atomic E-state index is -0.242. The molecule has 3 rings (SSSR count). The van der Waals surface area contributed by atoms with Gasteiger partial charge < -0.3 is 15.4 Å². The maximum atomic E-state index is 12.1. The number of nitrogens with one attached hydrogen (secondary N) is 2. The second-order valence-electron chi connectivity index (χ2n) is 5.30. The molecular formula is C15H19N5O2. The van der Waals surface area contributed by atoms with E-state index in [0.29, 0.717) is 11.6 Å². The van der Waals surface area contributed by atoms with Crippen LogP contribution in [-0.2, 0) is 13.5 Å². The number of urea groups is 1. The number of anilines is 1. The molecule has 0 bridgehead atoms. The van der Waals surface area contributed by atoms with Gasteiger partial charge in [0.25, 0.3) is 0 Å². The first-order valence-electron chi connectivity index (χ1n) is 7.25. The topological polar surface area (TPSA) is 81.1 Å². The lowest BCUT2D eigenvalue weighted by Gasteiger charge is -2.23. The number of carbonyl (C=O) groups excluding carboxylic acids is 1. The smallest absolute Gasteiger partial charge is 0.319 e. The van der Waals surface area contributed by atoms with E-state index in [1.165, 1.54) is 5.69 Å². The molecule has 0 aliphatic heterocycles. The fourth-order valence-corrected chi connectivity index (χ4v) is 2.76. The third-order valence-corrected chi connectivity index (χ3v) is 3.88. The lowest BCUT2D eigenvalue weighted by molar-refractivity contribution is 0.247. The van der Waals surface area contributed by atoms with Gasteiger partial charge >= 0.3 is 6.03 Å². The minimum Gasteiger partial charge on any atom is -0.481 e. The average molecular weight is 301 g/mol. The summed E-state index contributed by atoms with van der Waals surface area (Å²) in [5, 5.41) is 10.1. The molecule has 0 spiro atoms. The summed E-state index contributed by atoms with van der Waals surface area (Å²) in [7, 11) is 3.49. The van der Waals surface area contributed by atoms with Crippen LogP contribution in [0.5, 0.6) is 5.88 Å². The Bertz CT molecular complexity index is 665. The largest absolute Gasteiger partial charge is 0.481 e. The van der Waals surface area contributed by atoms with Crippen LogP contribution < -0.4 is 15.4 Å². The van der Waals surface area contributed by atoms with Crippen molar-refractivity contribution in [1.29, 1.82) is 0 Å². The number of rotatable bonds is 3. The number of carbonyl (C=O) groups is 1. The van der Waals surface area contributed by atoms with E-state index in [4.69, 9.17) is 4.74 Å². The molecular weight excluding hydrogens is 282 g/mol. The molecule has 2 aromatic rings. The highest BCUT2D eigenvalue weighted by Crippen LogP contribution is 2.29. The quantitative estimate of drug-likeness (QED) is 0.909. The van der Waals surface area contributed by atoms with Crippen molar-refractivity contribution in [2.24, 2.45) is 7.05 Å². The summed E-state index contributed by atoms with van der Waals surface area (Å²) in [4.78, 5) is 16.2. The Hall–Kier alpha value is -2.57. The van der Waals surface area contributed by atoms with Crippen LogP contribution in [0.25, 0.3) is 0 Å². The Labute approximate surface area is 128 Å². The third-order valence-electron chi connectivity index (χ3n) is 3.88. The molecule has 0 saturated carbocycles. The number of nitrogens with zero attached hydrogens (tertiary/aromatic N) is 3. The molecule has 22 heavy (non-hydrogen) atoms. The summed E-state index contributed by atoms with van der Waals surface area (Å²) in [6, 6.07) is 3.22. The Morgan fingerprint density at radius 1 is 1.41 bits per heavy atom. The molecule has 1 aliphatic rings. The first kappa shape index (κ1) is 14.4. The van der Waals surface area contributed by atoms with Crippen LogP contribution in [0.3, 0.4) is 0 Å². The van der Waals surface area contributed by atoms with Crippen molar-refractivity contribution < 1.29 is 9.53 Å². The molecule has 7 nitrogen and oxygen atoms in total. The normalized spacial score (nSPS) is 16.7. The first-order valence-corrected chi connectivity index (χ1v) is 7.25. The Morgan fingerprint density at radius 2 is 2.27 bits per heavy atom. The van der Waals surface area contributed by atoms with Crippen LogP contribution in [0.1, 0.15) is 30.1 Å². The number of pyridine rings is 1. The van der Waals surface area contributed by atoms with Crippen molar-refractivity contribution >= 4 is 11.7 Å². The number of aryl methyl sites for hydroxylation is 1. The predicted octanol–water partition coefficient (Wildman–Crippen LogP) is 2.02. The molecule has 7 heteroatoms. The zero-order valence-corrected chi connectivity index (χ0v) is 12.7. The number of methoxy groups -OCH3 is 1. The maximum Gasteiger partial charge on any atom is 0.319 e. The highest BCUT2D eigenvalue weighted by Gasteiger charge is 2.24. The minimum absolute atomic E-state index is 0.00339. The van der Waals surface area contributed by atoms with E-state index in [-0.39, 0.29) is 12.1 Å². The number of hydrogen-bond acceptors (Lipinski definition) is 4. The zero-order chi connectivity index (χ0) is 15.5. The van der Waals surface area contributed by atoms with Gasteiger partial charge in [0.2, 0.25) is 5.88 Å². The molecule has 0 radical (unpaired) electrons. The summed E-state index contributed by atoms with van der Waals surface area (Å²) in [5.41, 5.74) is 2.93. The van der Waals surface area contributed by atoms with Crippen LogP contribution in [0, 0.1) is 0 Å². The van der Waals surface area contributed by atoms with E-state index in [2.05, 4.69) is 20.7 Å². The number of hydrogen-bond donors (Lipinski definition) is 2. The zero-order valence-electron chi connectivity index (χ0n) is 12.7. The molecule has 0 aromatic carbocycles. The summed E-state index contributed by atoms with van der Waals surface area (Å²) < 4.78 is 6.87. The molecule has 0 fully saturated rings. The van der Waals surface area contributed by atoms with Gasteiger partial charge in [0.1, 0.15) is 0 Å². The first-order chi connectivity index (χ1) is 10.7. The van der Waals surface area contributed by atoms with Crippen molar-refractivity contribution in [3.63, 3.8) is 0 Å². The van der Waals surface area contributed by atoms with Crippen molar-refractivity contribution in [2.75, 3.05) is 12.4 Å². The predicted molar refractivity (Wildman–Crippen MR) is 81.8 cm³/mol. The van der Waals surface area contributed by atoms with Gasteiger partial charge in [-0.1, -0.05) is 0 Å². The lowest BCUT2D eigenvalue weighted by Crippen LogP contribution is -2.34. The van der Waals surface area contributed by atoms with Crippen LogP contribution >= 0.6 is 0 Å². The van der Waals surface area contributed by atoms with Gasteiger partial charge in [0.15, 0.2) is 0 Å². The van der Waals surface area contributed by atoms with Gasteiger partial charge in [-0.25, -0.2) is 9.78 Å². The summed E-state index contributed by atoms with van der Waals surface area (Å²) in [6.45, 7) is 0. The standard InChI is InChI=1S/C15H19N5O2/c1-20-13-5-3-4-12(11(13)9-17-20)19-15(21)18-10-6-7-14(22-2)16-8-10/h6-9,12H,3-5H2,1-2H3,(H2,18,19,21)/t12-/m0/s1. The molecule has 2 aromatic heterocycles. The maximum absolute atomic E-state index is 12.1. The van der Waals surface area contributed by atoms with E-state index < -0.39 is 0 Å². The van der Waals surface area contributed by atoms with Crippen molar-refractivity contribution in [3.05, 3.63) is 35.8 Å². The van der Waals surface area contributed by atoms with E-state index in [1.807, 2.05) is 17.9 Å². The van der Waals surface area contributed by atoms with Crippen molar-refractivity contribution in [1.82, 2.24) is 20.1 Å². The van der Waals surface area contributed by atoms with Gasteiger partial charge in [0.05, 0.1) is 31.2 Å². The Morgan fingerprint density at radius 3 is 3.00 bits per heavy atom. The number of amides is 2. The van der Waals surface area contributed by atoms with Crippen LogP contribution in [0.4, 0.5) is 10.5 Å². The molecule has 2 N–H and O–H groups in total. The van der Waals surface area contributed by atoms with E-state index in [9.17, 15) is 4.79 Å². The fourth-order valence-electron chi connectivity index (χ4n) is 2.76. The Kier molecular flexibility index (Phi) is 3.95. The molecule has 1 atom stereocenters. The molecule has 1 aliphatic carbocycles. The highest BCUT2D eigenvalue weighted by molar-refractivity contribution is 5.89. The molecule has 2 heterocycles. The van der Waals surface area contributed by atoms with Crippen LogP contribution in [0.15, 0.2) is 24.5 Å². The van der Waals surface area contributed by atoms with Gasteiger partial charge in [-0.2, -0.15) is 5.10 Å². The van der Waals surface area contributed by atoms with Crippen LogP contribution in [-0.4, -0.2) is 27.9 Å². The second kappa shape index (κ2) is 6.05. The van der Waals surface area contributed by atoms with E-state index in [1.54, 1.807) is 25.4 Å². The molecule has 116 valence electrons. The van der Waals surface area contributed by atoms with Gasteiger partial charge in [0, 0.05) is 24.4 Å². The monoisotopic (exact) mass is 301 g/mol. The van der Waals surface area contributed by atoms with Crippen LogP contribution in [0.2, 0.25) is 0 Å². The summed E-state index contributed by atoms with van der Waals surface area (Å²) >= 11 is 0. The second-order valence-corrected chi connectivity index (χ2v) is 5.30. The molecule has 0 unspecified atom stereocenters. The number of fused-ring (bicyclic) bond motifs is 1. The molecule has 0 saturated heterocycles. The highest BCUT2D eigenvalue weighted by atomic mass is 16.5. The van der Waals surface area contributed by atoms with Gasteiger partial charge in [-0.05, 0) is 25.3 Å². The average Bonchev–Trinajstić information content (AvgIpc) is 2.91. The lowest BCUT2D eigenvalue weighted by atomic mass is 9.93. The van der Waals surface area contributed by atoms with Gasteiger partial charge in [-0.15, -0.1) is 0 Å². The van der Waals surface area contributed by atoms with E-state index >= 15 is 0 Å². The fraction of sp³-hybridized carbons (Fsp3) is 0.400. The molecule has 2 amide bonds. The van der Waals surface area contributed by atoms with Crippen molar-refractivity contribution in [3.8, 4) is 5.88 Å². The summed E-state index contributed by atoms with van der Waals surface area (Å²) in [5.74, 6) is 0.512.